The van der Waals surface area contributed by atoms with Gasteiger partial charge in [-0.1, -0.05) is 6.92 Å². The topological polar surface area (TPSA) is 78.4 Å². The van der Waals surface area contributed by atoms with E-state index in [4.69, 9.17) is 5.11 Å². The number of fused-ring (bicyclic) bond motifs is 1. The van der Waals surface area contributed by atoms with E-state index in [-0.39, 0.29) is 18.6 Å². The first-order valence-electron chi connectivity index (χ1n) is 7.69. The van der Waals surface area contributed by atoms with Gasteiger partial charge < -0.3 is 10.4 Å². The van der Waals surface area contributed by atoms with Crippen molar-refractivity contribution in [3.05, 3.63) is 30.3 Å². The number of halogens is 1. The highest BCUT2D eigenvalue weighted by Crippen LogP contribution is 2.30. The molecule has 2 heterocycles. The second-order valence-electron chi connectivity index (χ2n) is 5.80. The maximum absolute atomic E-state index is 13.2. The van der Waals surface area contributed by atoms with E-state index < -0.39 is 11.8 Å². The van der Waals surface area contributed by atoms with Gasteiger partial charge in [-0.3, -0.25) is 14.7 Å². The molecule has 0 saturated heterocycles. The first kappa shape index (κ1) is 15.6. The quantitative estimate of drug-likeness (QED) is 0.849. The monoisotopic (exact) mass is 318 g/mol. The minimum Gasteiger partial charge on any atom is -0.480 e. The van der Waals surface area contributed by atoms with E-state index in [1.165, 1.54) is 12.3 Å². The van der Waals surface area contributed by atoms with Crippen LogP contribution in [-0.4, -0.2) is 51.1 Å². The van der Waals surface area contributed by atoms with E-state index in [9.17, 15) is 9.18 Å². The van der Waals surface area contributed by atoms with E-state index in [1.54, 1.807) is 6.20 Å². The number of nitrogens with one attached hydrogen (secondary N) is 1. The molecule has 6 nitrogen and oxygen atoms in total. The van der Waals surface area contributed by atoms with Crippen LogP contribution in [-0.2, 0) is 4.79 Å². The normalized spacial score (nSPS) is 20.5. The molecule has 2 N–H and O–H groups in total. The molecule has 3 rings (SSSR count). The first-order valence-corrected chi connectivity index (χ1v) is 7.69. The minimum absolute atomic E-state index is 0.0763. The summed E-state index contributed by atoms with van der Waals surface area (Å²) in [5, 5.41) is 12.3. The number of hydrogen-bond donors (Lipinski definition) is 2. The largest absolute Gasteiger partial charge is 0.480 e. The van der Waals surface area contributed by atoms with Gasteiger partial charge in [0.1, 0.15) is 11.3 Å². The third-order valence-electron chi connectivity index (χ3n) is 4.28. The number of aliphatic carboxylic acids is 1. The Balaban J connectivity index is 1.65. The Kier molecular flexibility index (Phi) is 4.38. The van der Waals surface area contributed by atoms with Gasteiger partial charge in [-0.2, -0.15) is 0 Å². The number of rotatable bonds is 6. The lowest BCUT2D eigenvalue weighted by molar-refractivity contribution is -0.139. The van der Waals surface area contributed by atoms with Crippen LogP contribution in [0.2, 0.25) is 0 Å². The molecule has 0 amide bonds. The summed E-state index contributed by atoms with van der Waals surface area (Å²) in [6.45, 7) is 2.77. The number of carboxylic acid groups (broad SMARTS) is 1. The molecule has 2 aromatic heterocycles. The number of pyridine rings is 2. The summed E-state index contributed by atoms with van der Waals surface area (Å²) in [6, 6.07) is 3.74. The van der Waals surface area contributed by atoms with Gasteiger partial charge >= 0.3 is 5.97 Å². The highest BCUT2D eigenvalue weighted by molar-refractivity contribution is 5.87. The molecule has 0 radical (unpaired) electrons. The number of anilines is 1. The minimum atomic E-state index is -0.797. The van der Waals surface area contributed by atoms with Crippen molar-refractivity contribution in [2.75, 3.05) is 18.4 Å². The number of hydrogen-bond acceptors (Lipinski definition) is 5. The van der Waals surface area contributed by atoms with Crippen LogP contribution in [0.1, 0.15) is 19.8 Å². The molecule has 0 aliphatic heterocycles. The Bertz CT molecular complexity index is 718. The molecule has 0 spiro atoms. The predicted molar refractivity (Wildman–Crippen MR) is 84.8 cm³/mol. The summed E-state index contributed by atoms with van der Waals surface area (Å²) in [4.78, 5) is 21.1. The second-order valence-corrected chi connectivity index (χ2v) is 5.80. The molecular formula is C16H19FN4O2. The van der Waals surface area contributed by atoms with E-state index in [0.29, 0.717) is 11.0 Å². The third kappa shape index (κ3) is 3.39. The first-order chi connectivity index (χ1) is 11.1. The van der Waals surface area contributed by atoms with Gasteiger partial charge in [0.2, 0.25) is 0 Å². The molecule has 1 aliphatic rings. The fourth-order valence-electron chi connectivity index (χ4n) is 3.02. The zero-order valence-corrected chi connectivity index (χ0v) is 12.9. The van der Waals surface area contributed by atoms with Crippen LogP contribution in [0.5, 0.6) is 0 Å². The summed E-state index contributed by atoms with van der Waals surface area (Å²) < 4.78 is 13.2. The average Bonchev–Trinajstić information content (AvgIpc) is 2.48. The maximum Gasteiger partial charge on any atom is 0.317 e. The van der Waals surface area contributed by atoms with Crippen LogP contribution in [0, 0.1) is 5.82 Å². The Morgan fingerprint density at radius 2 is 2.26 bits per heavy atom. The zero-order chi connectivity index (χ0) is 16.4. The molecule has 23 heavy (non-hydrogen) atoms. The van der Waals surface area contributed by atoms with Crippen LogP contribution in [0.25, 0.3) is 11.0 Å². The van der Waals surface area contributed by atoms with Crippen LogP contribution >= 0.6 is 0 Å². The molecule has 7 heteroatoms. The molecule has 0 atom stereocenters. The van der Waals surface area contributed by atoms with Crippen molar-refractivity contribution in [2.24, 2.45) is 0 Å². The van der Waals surface area contributed by atoms with E-state index >= 15 is 0 Å². The van der Waals surface area contributed by atoms with Gasteiger partial charge in [-0.25, -0.2) is 9.37 Å². The van der Waals surface area contributed by atoms with Gasteiger partial charge in [0, 0.05) is 24.3 Å². The lowest BCUT2D eigenvalue weighted by Crippen LogP contribution is -2.51. The Hall–Kier alpha value is -2.28. The highest BCUT2D eigenvalue weighted by Gasteiger charge is 2.34. The highest BCUT2D eigenvalue weighted by atomic mass is 19.1. The van der Waals surface area contributed by atoms with Crippen LogP contribution < -0.4 is 5.32 Å². The lowest BCUT2D eigenvalue weighted by Gasteiger charge is -2.42. The predicted octanol–water partition coefficient (Wildman–Crippen LogP) is 2.12. The van der Waals surface area contributed by atoms with Crippen molar-refractivity contribution in [2.45, 2.75) is 31.8 Å². The summed E-state index contributed by atoms with van der Waals surface area (Å²) in [5.41, 5.74) is 2.00. The van der Waals surface area contributed by atoms with Crippen LogP contribution in [0.3, 0.4) is 0 Å². The number of aromatic nitrogens is 2. The molecule has 0 aromatic carbocycles. The maximum atomic E-state index is 13.2. The Morgan fingerprint density at radius 1 is 1.48 bits per heavy atom. The molecular weight excluding hydrogens is 299 g/mol. The van der Waals surface area contributed by atoms with Crippen molar-refractivity contribution in [3.8, 4) is 0 Å². The second kappa shape index (κ2) is 6.45. The third-order valence-corrected chi connectivity index (χ3v) is 4.28. The van der Waals surface area contributed by atoms with Gasteiger partial charge in [-0.05, 0) is 25.5 Å². The summed E-state index contributed by atoms with van der Waals surface area (Å²) in [7, 11) is 0. The number of nitrogens with zero attached hydrogens (tertiary/aromatic N) is 3. The summed E-state index contributed by atoms with van der Waals surface area (Å²) in [5.74, 6) is -1.20. The average molecular weight is 318 g/mol. The number of likely N-dealkylation sites (N-methyl/N-ethyl adjacent to an activating group) is 1. The molecule has 2 aromatic rings. The number of carboxylic acids is 1. The lowest BCUT2D eigenvalue weighted by atomic mass is 9.85. The van der Waals surface area contributed by atoms with Crippen molar-refractivity contribution in [1.29, 1.82) is 0 Å². The van der Waals surface area contributed by atoms with E-state index in [2.05, 4.69) is 15.3 Å². The molecule has 1 aliphatic carbocycles. The van der Waals surface area contributed by atoms with Gasteiger partial charge in [0.25, 0.3) is 0 Å². The molecule has 0 unspecified atom stereocenters. The fraction of sp³-hybridized carbons (Fsp3) is 0.438. The van der Waals surface area contributed by atoms with Gasteiger partial charge in [-0.15, -0.1) is 0 Å². The molecule has 0 bridgehead atoms. The van der Waals surface area contributed by atoms with Crippen molar-refractivity contribution in [1.82, 2.24) is 14.9 Å². The summed E-state index contributed by atoms with van der Waals surface area (Å²) in [6.07, 6.45) is 4.58. The molecule has 122 valence electrons. The fourth-order valence-corrected chi connectivity index (χ4v) is 3.02. The van der Waals surface area contributed by atoms with Gasteiger partial charge in [0.15, 0.2) is 0 Å². The van der Waals surface area contributed by atoms with Crippen LogP contribution in [0.15, 0.2) is 24.5 Å². The number of carbonyl (C=O) groups is 1. The van der Waals surface area contributed by atoms with Crippen molar-refractivity contribution < 1.29 is 14.3 Å². The van der Waals surface area contributed by atoms with E-state index in [1.807, 2.05) is 17.9 Å². The SMILES string of the molecule is CCN(CC(=O)O)C1CC(Nc2ccnc3cc(F)cnc23)C1. The standard InChI is InChI=1S/C16H19FN4O2/c1-2-21(9-15(22)23)12-6-11(7-12)20-13-3-4-18-14-5-10(17)8-19-16(13)14/h3-5,8,11-12H,2,6-7,9H2,1H3,(H,18,20)(H,22,23). The van der Waals surface area contributed by atoms with E-state index in [0.717, 1.165) is 25.1 Å². The molecule has 1 fully saturated rings. The summed E-state index contributed by atoms with van der Waals surface area (Å²) >= 11 is 0. The Morgan fingerprint density at radius 3 is 2.96 bits per heavy atom. The Labute approximate surface area is 133 Å². The molecule has 1 saturated carbocycles. The van der Waals surface area contributed by atoms with Gasteiger partial charge in [0.05, 0.1) is 23.9 Å². The smallest absolute Gasteiger partial charge is 0.317 e. The van der Waals surface area contributed by atoms with Crippen molar-refractivity contribution in [3.63, 3.8) is 0 Å². The zero-order valence-electron chi connectivity index (χ0n) is 12.9. The van der Waals surface area contributed by atoms with Crippen LogP contribution in [0.4, 0.5) is 10.1 Å². The van der Waals surface area contributed by atoms with Crippen molar-refractivity contribution >= 4 is 22.7 Å².